The van der Waals surface area contributed by atoms with Crippen LogP contribution in [0.25, 0.3) is 111 Å². The molecule has 73 heavy (non-hydrogen) atoms. The molecule has 0 spiro atoms. The monoisotopic (exact) mass is 953 g/mol. The van der Waals surface area contributed by atoms with Crippen molar-refractivity contribution in [1.29, 1.82) is 0 Å². The van der Waals surface area contributed by atoms with Crippen LogP contribution in [0.4, 0.5) is 0 Å². The lowest BCUT2D eigenvalue weighted by molar-refractivity contribution is -0.571. The first-order valence-electron chi connectivity index (χ1n) is 32.2. The summed E-state index contributed by atoms with van der Waals surface area (Å²) in [6.45, 7) is -2.86. The molecule has 0 bridgehead atoms. The van der Waals surface area contributed by atoms with Crippen LogP contribution in [0.1, 0.15) is 30.2 Å². The Morgan fingerprint density at radius 1 is 0.466 bits per heavy atom. The van der Waals surface area contributed by atoms with E-state index in [1.54, 1.807) is 80.4 Å². The van der Waals surface area contributed by atoms with Gasteiger partial charge in [-0.25, -0.2) is 4.98 Å². The summed E-state index contributed by atoms with van der Waals surface area (Å²) >= 11 is 0. The second kappa shape index (κ2) is 17.3. The first-order chi connectivity index (χ1) is 43.5. The van der Waals surface area contributed by atoms with E-state index in [9.17, 15) is 0 Å². The predicted octanol–water partition coefficient (Wildman–Crippen LogP) is 16.4. The van der Waals surface area contributed by atoms with Crippen LogP contribution < -0.4 is 9.30 Å². The van der Waals surface area contributed by atoms with E-state index in [1.165, 1.54) is 18.3 Å². The van der Waals surface area contributed by atoms with Crippen molar-refractivity contribution in [3.8, 4) is 67.8 Å². The van der Waals surface area contributed by atoms with Gasteiger partial charge in [0.25, 0.3) is 6.33 Å². The molecule has 0 aliphatic carbocycles. The molecule has 0 amide bonds. The number of aryl methyl sites for hydroxylation is 1. The average molecular weight is 954 g/mol. The molecule has 0 fully saturated rings. The summed E-state index contributed by atoms with van der Waals surface area (Å²) in [5.74, 6) is 0.837. The number of imidazole rings is 1. The number of ether oxygens (including phenoxy) is 1. The van der Waals surface area contributed by atoms with E-state index in [2.05, 4.69) is 41.2 Å². The molecule has 10 aromatic carbocycles. The number of benzene rings is 10. The predicted molar refractivity (Wildman–Crippen MR) is 298 cm³/mol. The minimum Gasteiger partial charge on any atom is -0.458 e. The normalized spacial score (nSPS) is 15.3. The van der Waals surface area contributed by atoms with Gasteiger partial charge in [0, 0.05) is 49.2 Å². The Morgan fingerprint density at radius 3 is 1.74 bits per heavy atom. The molecule has 0 saturated heterocycles. The van der Waals surface area contributed by atoms with E-state index in [1.807, 2.05) is 48.5 Å². The molecule has 0 aliphatic rings. The van der Waals surface area contributed by atoms with Gasteiger partial charge in [0.2, 0.25) is 0 Å². The molecular weight excluding hydrogens is 891 g/mol. The SMILES string of the molecule is [2H]c1c([2H])c([2H])c(-c2cnc(-n3c4ccc(-n5c6ccccc6c6ccccc65)cc4c4ccc(Oc5cccc(-n6[c-][n+](-c7c(-c8c([2H])c([2H])c([2H])c([2H])c8[2H])cccc7-c7c([2H])c([2H])c([2H])c([2H])c7[2H])c7ccccc76)c5)cc43)cc2C([2H])([2H])[2H])c([2H])c1[2H]. The van der Waals surface area contributed by atoms with Crippen molar-refractivity contribution in [2.24, 2.45) is 0 Å². The van der Waals surface area contributed by atoms with Crippen LogP contribution in [-0.4, -0.2) is 18.7 Å². The van der Waals surface area contributed by atoms with Crippen molar-refractivity contribution < 1.29 is 34.0 Å². The van der Waals surface area contributed by atoms with Crippen molar-refractivity contribution in [2.45, 2.75) is 6.85 Å². The van der Waals surface area contributed by atoms with E-state index < -0.39 is 97.5 Å². The van der Waals surface area contributed by atoms with Crippen molar-refractivity contribution in [3.63, 3.8) is 0 Å². The summed E-state index contributed by atoms with van der Waals surface area (Å²) in [5.41, 5.74) is 4.66. The second-order valence-corrected chi connectivity index (χ2v) is 17.2. The van der Waals surface area contributed by atoms with E-state index in [0.717, 1.165) is 38.3 Å². The molecule has 14 aromatic rings. The molecule has 344 valence electrons. The fraction of sp³-hybridized carbons (Fsp3) is 0.0149. The van der Waals surface area contributed by atoms with Gasteiger partial charge in [-0.3, -0.25) is 13.7 Å². The second-order valence-electron chi connectivity index (χ2n) is 17.2. The lowest BCUT2D eigenvalue weighted by Gasteiger charge is -2.17. The molecule has 0 N–H and O–H groups in total. The molecule has 6 heteroatoms. The van der Waals surface area contributed by atoms with Crippen molar-refractivity contribution in [3.05, 3.63) is 266 Å². The highest BCUT2D eigenvalue weighted by Crippen LogP contribution is 2.40. The summed E-state index contributed by atoms with van der Waals surface area (Å²) < 4.78 is 171. The van der Waals surface area contributed by atoms with E-state index in [4.69, 9.17) is 34.4 Å². The van der Waals surface area contributed by atoms with Crippen molar-refractivity contribution in [1.82, 2.24) is 18.7 Å². The highest BCUT2D eigenvalue weighted by atomic mass is 16.5. The largest absolute Gasteiger partial charge is 0.458 e. The van der Waals surface area contributed by atoms with Crippen molar-refractivity contribution in [2.75, 3.05) is 0 Å². The molecular formula is C67H45N5O. The summed E-state index contributed by atoms with van der Waals surface area (Å²) in [5, 5.41) is 3.62. The van der Waals surface area contributed by atoms with Gasteiger partial charge < -0.3 is 9.30 Å². The van der Waals surface area contributed by atoms with E-state index in [0.29, 0.717) is 39.3 Å². The zero-order valence-electron chi connectivity index (χ0n) is 56.2. The van der Waals surface area contributed by atoms with Crippen LogP contribution in [0.3, 0.4) is 0 Å². The smallest absolute Gasteiger partial charge is 0.269 e. The van der Waals surface area contributed by atoms with Gasteiger partial charge in [-0.2, -0.15) is 0 Å². The van der Waals surface area contributed by atoms with Crippen LogP contribution in [0, 0.1) is 13.2 Å². The number of pyridine rings is 1. The average Bonchev–Trinajstić information content (AvgIpc) is 1.74. The Balaban J connectivity index is 0.943. The number of rotatable bonds is 9. The molecule has 0 unspecified atom stereocenters. The molecule has 0 atom stereocenters. The van der Waals surface area contributed by atoms with Crippen LogP contribution in [-0.2, 0) is 0 Å². The van der Waals surface area contributed by atoms with E-state index in [-0.39, 0.29) is 50.4 Å². The minimum absolute atomic E-state index is 0.0908. The van der Waals surface area contributed by atoms with Gasteiger partial charge in [-0.1, -0.05) is 176 Å². The van der Waals surface area contributed by atoms with Gasteiger partial charge in [0.15, 0.2) is 0 Å². The maximum atomic E-state index is 9.09. The van der Waals surface area contributed by atoms with Crippen LogP contribution in [0.5, 0.6) is 11.5 Å². The molecule has 14 rings (SSSR count). The molecule has 4 heterocycles. The van der Waals surface area contributed by atoms with Crippen LogP contribution in [0.2, 0.25) is 0 Å². The van der Waals surface area contributed by atoms with Gasteiger partial charge in [-0.05, 0) is 107 Å². The summed E-state index contributed by atoms with van der Waals surface area (Å²) in [7, 11) is 0. The zero-order chi connectivity index (χ0) is 64.0. The Bertz CT molecular complexity index is 5250. The zero-order valence-corrected chi connectivity index (χ0v) is 38.2. The number of fused-ring (bicyclic) bond motifs is 7. The van der Waals surface area contributed by atoms with Crippen LogP contribution in [0.15, 0.2) is 255 Å². The first-order valence-corrected chi connectivity index (χ1v) is 23.2. The Kier molecular flexibility index (Phi) is 6.52. The summed E-state index contributed by atoms with van der Waals surface area (Å²) in [4.78, 5) is 4.82. The third-order valence-electron chi connectivity index (χ3n) is 13.1. The number of aromatic nitrogens is 5. The number of nitrogens with zero attached hydrogens (tertiary/aromatic N) is 5. The number of hydrogen-bond donors (Lipinski definition) is 0. The van der Waals surface area contributed by atoms with Gasteiger partial charge in [0.05, 0.1) is 65.0 Å². The lowest BCUT2D eigenvalue weighted by atomic mass is 9.95. The molecule has 6 nitrogen and oxygen atoms in total. The number of hydrogen-bond acceptors (Lipinski definition) is 2. The van der Waals surface area contributed by atoms with Gasteiger partial charge in [0.1, 0.15) is 17.3 Å². The summed E-state index contributed by atoms with van der Waals surface area (Å²) in [6, 6.07) is 39.2. The molecule has 4 aromatic heterocycles. The standard InChI is InChI=1S/C67H45N5O/c1-45-39-66(68-43-59(45)48-23-9-4-10-24-48)72-62-38-35-50(71-60-31-13-11-27-55(60)56-28-12-14-32-61(56)71)41-58(62)57-37-36-52(42-65(57)72)73-51-26-17-25-49(40-51)69-44-70(64-34-16-15-33-63(64)69)67-53(46-19-5-2-6-20-46)29-18-30-54(67)47-21-7-3-8-22-47/h2-43H,1H3/i1D3,2D,3D,4D,5D,6D,7D,8D,9D,10D,19D,20D,21D,22D,23D,24D. The molecule has 0 aliphatic heterocycles. The fourth-order valence-electron chi connectivity index (χ4n) is 9.99. The Labute approximate surface area is 447 Å². The summed E-state index contributed by atoms with van der Waals surface area (Å²) in [6.07, 6.45) is 4.64. The minimum atomic E-state index is -2.86. The maximum absolute atomic E-state index is 9.09. The molecule has 0 radical (unpaired) electrons. The fourth-order valence-corrected chi connectivity index (χ4v) is 9.99. The van der Waals surface area contributed by atoms with Gasteiger partial charge in [-0.15, -0.1) is 0 Å². The number of para-hydroxylation sites is 5. The maximum Gasteiger partial charge on any atom is 0.269 e. The highest BCUT2D eigenvalue weighted by Gasteiger charge is 2.22. The third-order valence-corrected chi connectivity index (χ3v) is 13.1. The molecule has 0 saturated carbocycles. The quantitative estimate of drug-likeness (QED) is 0.107. The highest BCUT2D eigenvalue weighted by molar-refractivity contribution is 6.12. The lowest BCUT2D eigenvalue weighted by Crippen LogP contribution is -2.31. The third kappa shape index (κ3) is 7.10. The Morgan fingerprint density at radius 2 is 1.05 bits per heavy atom. The van der Waals surface area contributed by atoms with E-state index >= 15 is 0 Å². The Hall–Kier alpha value is -9.78. The van der Waals surface area contributed by atoms with Gasteiger partial charge >= 0.3 is 0 Å². The van der Waals surface area contributed by atoms with Crippen molar-refractivity contribution >= 4 is 54.6 Å². The van der Waals surface area contributed by atoms with Crippen LogP contribution >= 0.6 is 0 Å². The first kappa shape index (κ1) is 27.6. The topological polar surface area (TPSA) is 40.8 Å².